The normalized spacial score (nSPS) is 43.7. The van der Waals surface area contributed by atoms with Crippen LogP contribution in [0.2, 0.25) is 0 Å². The maximum Gasteiger partial charge on any atom is 0.189 e. The van der Waals surface area contributed by atoms with Crippen LogP contribution in [0.3, 0.4) is 0 Å². The van der Waals surface area contributed by atoms with Crippen molar-refractivity contribution in [3.8, 4) is 0 Å². The summed E-state index contributed by atoms with van der Waals surface area (Å²) in [6.45, 7) is 4.16. The monoisotopic (exact) mass is 132 g/mol. The van der Waals surface area contributed by atoms with Crippen LogP contribution in [0.4, 0.5) is 0 Å². The first-order valence-electron chi connectivity index (χ1n) is 3.09. The minimum absolute atomic E-state index is 0.0721. The van der Waals surface area contributed by atoms with Crippen molar-refractivity contribution in [3.05, 3.63) is 0 Å². The van der Waals surface area contributed by atoms with Crippen molar-refractivity contribution in [2.45, 2.75) is 25.7 Å². The molecule has 1 fully saturated rings. The van der Waals surface area contributed by atoms with Crippen molar-refractivity contribution in [3.63, 3.8) is 0 Å². The lowest BCUT2D eigenvalue weighted by Crippen LogP contribution is -2.30. The van der Waals surface area contributed by atoms with Crippen molar-refractivity contribution in [1.29, 1.82) is 0 Å². The van der Waals surface area contributed by atoms with Crippen molar-refractivity contribution in [1.82, 2.24) is 0 Å². The zero-order valence-corrected chi connectivity index (χ0v) is 5.76. The smallest absolute Gasteiger partial charge is 0.189 e. The minimum atomic E-state index is -0.737. The maximum absolute atomic E-state index is 8.69. The lowest BCUT2D eigenvalue weighted by atomic mass is 10.3. The first-order valence-corrected chi connectivity index (χ1v) is 3.09. The summed E-state index contributed by atoms with van der Waals surface area (Å²) < 4.78 is 10.4. The molecule has 0 aromatic rings. The molecular formula is C6H12O3. The van der Waals surface area contributed by atoms with E-state index in [0.29, 0.717) is 6.61 Å². The van der Waals surface area contributed by atoms with Crippen molar-refractivity contribution < 1.29 is 14.6 Å². The number of hydrogen-bond acceptors (Lipinski definition) is 3. The molecule has 0 bridgehead atoms. The Morgan fingerprint density at radius 3 is 2.67 bits per heavy atom. The van der Waals surface area contributed by atoms with Gasteiger partial charge in [-0.15, -0.1) is 0 Å². The summed E-state index contributed by atoms with van der Waals surface area (Å²) in [6.07, 6.45) is 0.113. The van der Waals surface area contributed by atoms with E-state index in [4.69, 9.17) is 14.6 Å². The van der Waals surface area contributed by atoms with Crippen LogP contribution in [0.1, 0.15) is 13.8 Å². The Morgan fingerprint density at radius 1 is 1.78 bits per heavy atom. The molecule has 0 saturated carbocycles. The molecule has 1 heterocycles. The first kappa shape index (κ1) is 6.99. The predicted octanol–water partition coefficient (Wildman–Crippen LogP) is 0.130. The summed E-state index contributed by atoms with van der Waals surface area (Å²) in [5.74, 6) is -0.737. The Morgan fingerprint density at radius 2 is 2.44 bits per heavy atom. The highest BCUT2D eigenvalue weighted by molar-refractivity contribution is 4.70. The quantitative estimate of drug-likeness (QED) is 0.551. The molecular weight excluding hydrogens is 120 g/mol. The number of aliphatic hydroxyl groups is 1. The van der Waals surface area contributed by atoms with Crippen molar-refractivity contribution in [2.75, 3.05) is 13.2 Å². The standard InChI is InChI=1S/C6H12O3/c1-5-3-8-6(2,4-7)9-5/h5,7H,3-4H2,1-2H3. The maximum atomic E-state index is 8.69. The van der Waals surface area contributed by atoms with Crippen LogP contribution in [0.25, 0.3) is 0 Å². The Balaban J connectivity index is 2.45. The van der Waals surface area contributed by atoms with Gasteiger partial charge in [-0.2, -0.15) is 0 Å². The van der Waals surface area contributed by atoms with E-state index in [1.54, 1.807) is 6.92 Å². The first-order chi connectivity index (χ1) is 4.16. The van der Waals surface area contributed by atoms with E-state index >= 15 is 0 Å². The van der Waals surface area contributed by atoms with Crippen LogP contribution in [0, 0.1) is 0 Å². The van der Waals surface area contributed by atoms with Crippen LogP contribution in [0.5, 0.6) is 0 Å². The van der Waals surface area contributed by atoms with Gasteiger partial charge in [-0.25, -0.2) is 0 Å². The van der Waals surface area contributed by atoms with E-state index in [-0.39, 0.29) is 12.7 Å². The van der Waals surface area contributed by atoms with E-state index < -0.39 is 5.79 Å². The van der Waals surface area contributed by atoms with Crippen LogP contribution in [-0.2, 0) is 9.47 Å². The van der Waals surface area contributed by atoms with Gasteiger partial charge < -0.3 is 14.6 Å². The molecule has 0 radical (unpaired) electrons. The van der Waals surface area contributed by atoms with Gasteiger partial charge >= 0.3 is 0 Å². The molecule has 1 rings (SSSR count). The van der Waals surface area contributed by atoms with E-state index in [1.165, 1.54) is 0 Å². The highest BCUT2D eigenvalue weighted by atomic mass is 16.7. The zero-order chi connectivity index (χ0) is 6.91. The summed E-state index contributed by atoms with van der Waals surface area (Å²) in [4.78, 5) is 0. The SMILES string of the molecule is CC1COC(C)(CO)O1. The van der Waals surface area contributed by atoms with Gasteiger partial charge in [0.05, 0.1) is 19.3 Å². The summed E-state index contributed by atoms with van der Waals surface area (Å²) >= 11 is 0. The average molecular weight is 132 g/mol. The van der Waals surface area contributed by atoms with E-state index in [0.717, 1.165) is 0 Å². The van der Waals surface area contributed by atoms with Gasteiger partial charge in [0, 0.05) is 0 Å². The fraction of sp³-hybridized carbons (Fsp3) is 1.00. The molecule has 54 valence electrons. The van der Waals surface area contributed by atoms with E-state index in [2.05, 4.69) is 0 Å². The van der Waals surface area contributed by atoms with Gasteiger partial charge in [0.15, 0.2) is 5.79 Å². The Hall–Kier alpha value is -0.120. The molecule has 0 spiro atoms. The van der Waals surface area contributed by atoms with Gasteiger partial charge in [0.25, 0.3) is 0 Å². The molecule has 9 heavy (non-hydrogen) atoms. The lowest BCUT2D eigenvalue weighted by Gasteiger charge is -2.18. The molecule has 1 aliphatic rings. The second-order valence-electron chi connectivity index (χ2n) is 2.53. The van der Waals surface area contributed by atoms with E-state index in [9.17, 15) is 0 Å². The molecule has 1 aliphatic heterocycles. The van der Waals surface area contributed by atoms with Gasteiger partial charge in [0.1, 0.15) is 0 Å². The van der Waals surface area contributed by atoms with Crippen LogP contribution in [-0.4, -0.2) is 30.2 Å². The van der Waals surface area contributed by atoms with Gasteiger partial charge in [-0.3, -0.25) is 0 Å². The Kier molecular flexibility index (Phi) is 1.75. The third-order valence-electron chi connectivity index (χ3n) is 1.36. The second kappa shape index (κ2) is 2.25. The van der Waals surface area contributed by atoms with Gasteiger partial charge in [-0.05, 0) is 13.8 Å². The van der Waals surface area contributed by atoms with Crippen molar-refractivity contribution in [2.24, 2.45) is 0 Å². The molecule has 1 N–H and O–H groups in total. The fourth-order valence-corrected chi connectivity index (χ4v) is 0.870. The third kappa shape index (κ3) is 1.41. The van der Waals surface area contributed by atoms with Crippen LogP contribution in [0.15, 0.2) is 0 Å². The average Bonchev–Trinajstić information content (AvgIpc) is 2.13. The predicted molar refractivity (Wildman–Crippen MR) is 32.0 cm³/mol. The number of rotatable bonds is 1. The molecule has 0 aliphatic carbocycles. The summed E-state index contributed by atoms with van der Waals surface area (Å²) in [5, 5.41) is 8.69. The van der Waals surface area contributed by atoms with Gasteiger partial charge in [0.2, 0.25) is 0 Å². The highest BCUT2D eigenvalue weighted by Gasteiger charge is 2.33. The summed E-state index contributed by atoms with van der Waals surface area (Å²) in [5.41, 5.74) is 0. The third-order valence-corrected chi connectivity index (χ3v) is 1.36. The summed E-state index contributed by atoms with van der Waals surface area (Å²) in [7, 11) is 0. The second-order valence-corrected chi connectivity index (χ2v) is 2.53. The molecule has 0 aromatic carbocycles. The number of ether oxygens (including phenoxy) is 2. The highest BCUT2D eigenvalue weighted by Crippen LogP contribution is 2.21. The van der Waals surface area contributed by atoms with Crippen LogP contribution >= 0.6 is 0 Å². The molecule has 1 saturated heterocycles. The largest absolute Gasteiger partial charge is 0.391 e. The lowest BCUT2D eigenvalue weighted by molar-refractivity contribution is -0.176. The number of aliphatic hydroxyl groups excluding tert-OH is 1. The van der Waals surface area contributed by atoms with E-state index in [1.807, 2.05) is 6.92 Å². The topological polar surface area (TPSA) is 38.7 Å². The minimum Gasteiger partial charge on any atom is -0.391 e. The van der Waals surface area contributed by atoms with Crippen LogP contribution < -0.4 is 0 Å². The molecule has 2 unspecified atom stereocenters. The molecule has 0 amide bonds. The fourth-order valence-electron chi connectivity index (χ4n) is 0.870. The van der Waals surface area contributed by atoms with Gasteiger partial charge in [-0.1, -0.05) is 0 Å². The summed E-state index contributed by atoms with van der Waals surface area (Å²) in [6, 6.07) is 0. The molecule has 2 atom stereocenters. The molecule has 3 nitrogen and oxygen atoms in total. The molecule has 3 heteroatoms. The Bertz CT molecular complexity index is 104. The zero-order valence-electron chi connectivity index (χ0n) is 5.76. The molecule has 0 aromatic heterocycles. The number of hydrogen-bond donors (Lipinski definition) is 1. The van der Waals surface area contributed by atoms with Crippen molar-refractivity contribution >= 4 is 0 Å². The Labute approximate surface area is 54.6 Å².